The van der Waals surface area contributed by atoms with E-state index >= 15 is 0 Å². The van der Waals surface area contributed by atoms with E-state index in [0.717, 1.165) is 18.6 Å². The van der Waals surface area contributed by atoms with Crippen LogP contribution < -0.4 is 10.7 Å². The van der Waals surface area contributed by atoms with Crippen LogP contribution in [-0.2, 0) is 9.59 Å². The van der Waals surface area contributed by atoms with Crippen LogP contribution in [0.4, 0.5) is 0 Å². The first-order valence-electron chi connectivity index (χ1n) is 6.65. The summed E-state index contributed by atoms with van der Waals surface area (Å²) >= 11 is 0. The lowest BCUT2D eigenvalue weighted by Gasteiger charge is -2.21. The fraction of sp³-hybridized carbons (Fsp3) is 0.769. The number of nitrogens with zero attached hydrogens (tertiary/aromatic N) is 1. The molecule has 0 spiro atoms. The van der Waals surface area contributed by atoms with Gasteiger partial charge in [0.25, 0.3) is 0 Å². The molecule has 0 heterocycles. The molecule has 1 rings (SSSR count). The van der Waals surface area contributed by atoms with E-state index in [4.69, 9.17) is 0 Å². The number of nitrogens with one attached hydrogen (secondary N) is 2. The van der Waals surface area contributed by atoms with E-state index in [-0.39, 0.29) is 6.04 Å². The van der Waals surface area contributed by atoms with Gasteiger partial charge in [0.05, 0.1) is 0 Å². The lowest BCUT2D eigenvalue weighted by molar-refractivity contribution is -0.139. The summed E-state index contributed by atoms with van der Waals surface area (Å²) in [6.45, 7) is 5.53. The maximum atomic E-state index is 11.4. The van der Waals surface area contributed by atoms with E-state index in [1.54, 1.807) is 0 Å². The predicted octanol–water partition coefficient (Wildman–Crippen LogP) is 1.58. The highest BCUT2D eigenvalue weighted by Crippen LogP contribution is 2.24. The van der Waals surface area contributed by atoms with Gasteiger partial charge < -0.3 is 5.32 Å². The van der Waals surface area contributed by atoms with Gasteiger partial charge in [0.1, 0.15) is 0 Å². The molecule has 0 aromatic carbocycles. The fourth-order valence-electron chi connectivity index (χ4n) is 2.13. The molecule has 18 heavy (non-hydrogen) atoms. The van der Waals surface area contributed by atoms with Crippen LogP contribution in [0.5, 0.6) is 0 Å². The van der Waals surface area contributed by atoms with E-state index < -0.39 is 11.8 Å². The lowest BCUT2D eigenvalue weighted by atomic mass is 9.86. The van der Waals surface area contributed by atoms with Crippen molar-refractivity contribution in [1.82, 2.24) is 10.7 Å². The molecule has 5 nitrogen and oxygen atoms in total. The molecule has 1 aliphatic rings. The molecule has 1 aliphatic carbocycles. The fourth-order valence-corrected chi connectivity index (χ4v) is 2.13. The molecule has 0 aromatic rings. The summed E-state index contributed by atoms with van der Waals surface area (Å²) < 4.78 is 0. The van der Waals surface area contributed by atoms with E-state index in [1.807, 2.05) is 20.8 Å². The predicted molar refractivity (Wildman–Crippen MR) is 71.1 cm³/mol. The monoisotopic (exact) mass is 253 g/mol. The third-order valence-electron chi connectivity index (χ3n) is 3.16. The molecule has 0 bridgehead atoms. The molecule has 0 radical (unpaired) electrons. The average Bonchev–Trinajstić information content (AvgIpc) is 2.35. The van der Waals surface area contributed by atoms with Gasteiger partial charge in [-0.2, -0.15) is 5.10 Å². The zero-order valence-corrected chi connectivity index (χ0v) is 11.5. The van der Waals surface area contributed by atoms with Crippen LogP contribution in [0.1, 0.15) is 52.9 Å². The molecular weight excluding hydrogens is 230 g/mol. The number of hydrogen-bond acceptors (Lipinski definition) is 3. The van der Waals surface area contributed by atoms with Crippen molar-refractivity contribution in [3.8, 4) is 0 Å². The summed E-state index contributed by atoms with van der Waals surface area (Å²) in [6, 6.07) is -0.0494. The Kier molecular flexibility index (Phi) is 5.82. The number of rotatable bonds is 3. The summed E-state index contributed by atoms with van der Waals surface area (Å²) in [4.78, 5) is 22.8. The van der Waals surface area contributed by atoms with Gasteiger partial charge in [0.15, 0.2) is 0 Å². The van der Waals surface area contributed by atoms with Crippen molar-refractivity contribution in [2.75, 3.05) is 0 Å². The van der Waals surface area contributed by atoms with Crippen molar-refractivity contribution in [2.24, 2.45) is 11.0 Å². The van der Waals surface area contributed by atoms with E-state index in [1.165, 1.54) is 19.3 Å². The van der Waals surface area contributed by atoms with E-state index in [2.05, 4.69) is 15.8 Å². The van der Waals surface area contributed by atoms with E-state index in [0.29, 0.717) is 5.92 Å². The first kappa shape index (κ1) is 14.7. The zero-order chi connectivity index (χ0) is 13.5. The van der Waals surface area contributed by atoms with Crippen LogP contribution in [-0.4, -0.2) is 23.6 Å². The van der Waals surface area contributed by atoms with Crippen LogP contribution in [0.15, 0.2) is 5.10 Å². The Morgan fingerprint density at radius 1 is 1.11 bits per heavy atom. The summed E-state index contributed by atoms with van der Waals surface area (Å²) in [5.41, 5.74) is 3.24. The second-order valence-electron chi connectivity index (χ2n) is 5.16. The third kappa shape index (κ3) is 4.85. The molecule has 5 heteroatoms. The van der Waals surface area contributed by atoms with Gasteiger partial charge in [-0.1, -0.05) is 19.3 Å². The molecule has 0 atom stereocenters. The van der Waals surface area contributed by atoms with Crippen LogP contribution in [0, 0.1) is 5.92 Å². The summed E-state index contributed by atoms with van der Waals surface area (Å²) in [6.07, 6.45) is 5.98. The normalized spacial score (nSPS) is 17.7. The van der Waals surface area contributed by atoms with Crippen molar-refractivity contribution in [3.05, 3.63) is 0 Å². The minimum absolute atomic E-state index is 0.0494. The van der Waals surface area contributed by atoms with Gasteiger partial charge in [0.2, 0.25) is 0 Å². The molecule has 2 amide bonds. The van der Waals surface area contributed by atoms with Gasteiger partial charge in [-0.05, 0) is 39.5 Å². The molecule has 1 fully saturated rings. The van der Waals surface area contributed by atoms with Gasteiger partial charge in [-0.25, -0.2) is 5.43 Å². The largest absolute Gasteiger partial charge is 0.346 e. The van der Waals surface area contributed by atoms with Crippen LogP contribution >= 0.6 is 0 Å². The summed E-state index contributed by atoms with van der Waals surface area (Å²) in [7, 11) is 0. The standard InChI is InChI=1S/C13H23N3O2/c1-9(2)14-12(17)13(18)16-15-10(3)11-7-5-4-6-8-11/h9,11H,4-8H2,1-3H3,(H,14,17)(H,16,18)/b15-10+. The number of carbonyl (C=O) groups excluding carboxylic acids is 2. The highest BCUT2D eigenvalue weighted by Gasteiger charge is 2.17. The molecule has 2 N–H and O–H groups in total. The lowest BCUT2D eigenvalue weighted by Crippen LogP contribution is -2.41. The first-order chi connectivity index (χ1) is 8.50. The Balaban J connectivity index is 2.41. The first-order valence-corrected chi connectivity index (χ1v) is 6.65. The maximum absolute atomic E-state index is 11.4. The Labute approximate surface area is 108 Å². The van der Waals surface area contributed by atoms with Gasteiger partial charge in [0, 0.05) is 11.8 Å². The van der Waals surface area contributed by atoms with Gasteiger partial charge in [-0.3, -0.25) is 9.59 Å². The van der Waals surface area contributed by atoms with Crippen LogP contribution in [0.25, 0.3) is 0 Å². The van der Waals surface area contributed by atoms with Crippen LogP contribution in [0.2, 0.25) is 0 Å². The summed E-state index contributed by atoms with van der Waals surface area (Å²) in [5, 5.41) is 6.56. The minimum Gasteiger partial charge on any atom is -0.346 e. The Morgan fingerprint density at radius 2 is 1.72 bits per heavy atom. The van der Waals surface area contributed by atoms with Gasteiger partial charge in [-0.15, -0.1) is 0 Å². The minimum atomic E-state index is -0.696. The third-order valence-corrected chi connectivity index (χ3v) is 3.16. The molecule has 102 valence electrons. The molecular formula is C13H23N3O2. The average molecular weight is 253 g/mol. The summed E-state index contributed by atoms with van der Waals surface area (Å²) in [5.74, 6) is -0.878. The smallest absolute Gasteiger partial charge is 0.329 e. The molecule has 0 unspecified atom stereocenters. The Morgan fingerprint density at radius 3 is 2.28 bits per heavy atom. The Bertz CT molecular complexity index is 331. The van der Waals surface area contributed by atoms with Crippen LogP contribution in [0.3, 0.4) is 0 Å². The Hall–Kier alpha value is -1.39. The number of amides is 2. The van der Waals surface area contributed by atoms with Crippen molar-refractivity contribution >= 4 is 17.5 Å². The van der Waals surface area contributed by atoms with Crippen molar-refractivity contribution in [1.29, 1.82) is 0 Å². The second kappa shape index (κ2) is 7.13. The number of carbonyl (C=O) groups is 2. The number of hydrogen-bond donors (Lipinski definition) is 2. The quantitative estimate of drug-likeness (QED) is 0.455. The highest BCUT2D eigenvalue weighted by atomic mass is 16.2. The second-order valence-corrected chi connectivity index (χ2v) is 5.16. The van der Waals surface area contributed by atoms with Gasteiger partial charge >= 0.3 is 11.8 Å². The topological polar surface area (TPSA) is 70.6 Å². The maximum Gasteiger partial charge on any atom is 0.329 e. The SMILES string of the molecule is C/C(=N\NC(=O)C(=O)NC(C)C)C1CCCCC1. The van der Waals surface area contributed by atoms with Crippen molar-refractivity contribution in [2.45, 2.75) is 58.9 Å². The highest BCUT2D eigenvalue weighted by molar-refractivity contribution is 6.35. The molecule has 0 saturated heterocycles. The van der Waals surface area contributed by atoms with Crippen molar-refractivity contribution in [3.63, 3.8) is 0 Å². The molecule has 1 saturated carbocycles. The van der Waals surface area contributed by atoms with E-state index in [9.17, 15) is 9.59 Å². The molecule has 0 aromatic heterocycles. The molecule has 0 aliphatic heterocycles. The number of hydrazone groups is 1. The zero-order valence-electron chi connectivity index (χ0n) is 11.5. The van der Waals surface area contributed by atoms with Crippen molar-refractivity contribution < 1.29 is 9.59 Å².